The number of amides is 2. The summed E-state index contributed by atoms with van der Waals surface area (Å²) in [5.41, 5.74) is -0.442. The molecule has 0 saturated carbocycles. The molecule has 0 fully saturated rings. The molecule has 24 heavy (non-hydrogen) atoms. The van der Waals surface area contributed by atoms with E-state index >= 15 is 0 Å². The molecule has 0 bridgehead atoms. The van der Waals surface area contributed by atoms with Crippen LogP contribution < -0.4 is 0 Å². The zero-order valence-corrected chi connectivity index (χ0v) is 15.0. The molecular formula is C17H24N2O5. The van der Waals surface area contributed by atoms with Crippen molar-refractivity contribution in [1.82, 2.24) is 9.47 Å². The number of ether oxygens (including phenoxy) is 2. The highest BCUT2D eigenvalue weighted by molar-refractivity contribution is 6.05. The van der Waals surface area contributed by atoms with E-state index < -0.39 is 29.3 Å². The molecule has 0 saturated heterocycles. The summed E-state index contributed by atoms with van der Waals surface area (Å²) in [5, 5.41) is 0. The molecule has 1 aromatic heterocycles. The summed E-state index contributed by atoms with van der Waals surface area (Å²) in [6, 6.07) is 1.53. The number of aromatic nitrogens is 1. The predicted octanol–water partition coefficient (Wildman–Crippen LogP) is 3.20. The Hall–Kier alpha value is -2.31. The molecule has 0 aromatic carbocycles. The smallest absolute Gasteiger partial charge is 0.418 e. The Balaban J connectivity index is 2.21. The molecule has 2 rings (SSSR count). The van der Waals surface area contributed by atoms with Crippen LogP contribution in [0.3, 0.4) is 0 Å². The van der Waals surface area contributed by atoms with Gasteiger partial charge in [-0.3, -0.25) is 9.36 Å². The highest BCUT2D eigenvalue weighted by atomic mass is 16.6. The molecule has 0 unspecified atom stereocenters. The summed E-state index contributed by atoms with van der Waals surface area (Å²) in [6.45, 7) is 10.7. The van der Waals surface area contributed by atoms with E-state index in [0.29, 0.717) is 17.7 Å². The van der Waals surface area contributed by atoms with Crippen molar-refractivity contribution < 1.29 is 23.9 Å². The number of rotatable bonds is 0. The fraction of sp³-hybridized carbons (Fsp3) is 0.588. The summed E-state index contributed by atoms with van der Waals surface area (Å²) >= 11 is 0. The molecule has 0 aliphatic carbocycles. The molecule has 0 N–H and O–H groups in total. The van der Waals surface area contributed by atoms with Gasteiger partial charge in [-0.2, -0.15) is 0 Å². The lowest BCUT2D eigenvalue weighted by molar-refractivity contribution is 0.0232. The van der Waals surface area contributed by atoms with E-state index in [1.165, 1.54) is 16.8 Å². The highest BCUT2D eigenvalue weighted by Crippen LogP contribution is 2.23. The van der Waals surface area contributed by atoms with Crippen LogP contribution in [-0.4, -0.2) is 45.3 Å². The molecule has 1 aliphatic heterocycles. The second-order valence-corrected chi connectivity index (χ2v) is 7.71. The first-order valence-electron chi connectivity index (χ1n) is 7.87. The van der Waals surface area contributed by atoms with Crippen LogP contribution in [0.25, 0.3) is 0 Å². The van der Waals surface area contributed by atoms with Gasteiger partial charge in [-0.25, -0.2) is 14.5 Å². The summed E-state index contributed by atoms with van der Waals surface area (Å²) in [5.74, 6) is -0.465. The zero-order valence-electron chi connectivity index (χ0n) is 15.0. The first kappa shape index (κ1) is 18.0. The molecule has 1 aliphatic rings. The molecule has 0 atom stereocenters. The quantitative estimate of drug-likeness (QED) is 0.727. The summed E-state index contributed by atoms with van der Waals surface area (Å²) in [4.78, 5) is 38.0. The number of hydrogen-bond donors (Lipinski definition) is 0. The molecule has 132 valence electrons. The van der Waals surface area contributed by atoms with E-state index in [1.54, 1.807) is 41.5 Å². The van der Waals surface area contributed by atoms with Crippen LogP contribution in [0, 0.1) is 0 Å². The lowest BCUT2D eigenvalue weighted by Gasteiger charge is -2.29. The lowest BCUT2D eigenvalue weighted by Crippen LogP contribution is -2.45. The first-order chi connectivity index (χ1) is 10.9. The number of carbonyl (C=O) groups excluding carboxylic acids is 3. The maximum atomic E-state index is 12.5. The van der Waals surface area contributed by atoms with Gasteiger partial charge in [0, 0.05) is 24.9 Å². The van der Waals surface area contributed by atoms with Crippen LogP contribution in [0.15, 0.2) is 12.3 Å². The Morgan fingerprint density at radius 2 is 1.54 bits per heavy atom. The van der Waals surface area contributed by atoms with Gasteiger partial charge in [0.05, 0.1) is 5.56 Å². The molecule has 7 heteroatoms. The van der Waals surface area contributed by atoms with Crippen molar-refractivity contribution in [3.63, 3.8) is 0 Å². The average Bonchev–Trinajstić information content (AvgIpc) is 2.79. The van der Waals surface area contributed by atoms with Crippen LogP contribution >= 0.6 is 0 Å². The normalized spacial score (nSPS) is 15.1. The number of nitrogens with zero attached hydrogens (tertiary/aromatic N) is 2. The van der Waals surface area contributed by atoms with Crippen molar-refractivity contribution >= 4 is 18.1 Å². The van der Waals surface area contributed by atoms with E-state index in [9.17, 15) is 14.4 Å². The molecule has 7 nitrogen and oxygen atoms in total. The minimum absolute atomic E-state index is 0.160. The van der Waals surface area contributed by atoms with Crippen molar-refractivity contribution in [3.8, 4) is 0 Å². The summed E-state index contributed by atoms with van der Waals surface area (Å²) < 4.78 is 11.9. The van der Waals surface area contributed by atoms with Gasteiger partial charge in [-0.1, -0.05) is 0 Å². The fourth-order valence-electron chi connectivity index (χ4n) is 2.35. The third-order valence-electron chi connectivity index (χ3n) is 3.24. The van der Waals surface area contributed by atoms with Crippen molar-refractivity contribution in [3.05, 3.63) is 23.5 Å². The van der Waals surface area contributed by atoms with Crippen LogP contribution in [0.4, 0.5) is 9.59 Å². The van der Waals surface area contributed by atoms with Crippen LogP contribution in [-0.2, 0) is 15.9 Å². The molecular weight excluding hydrogens is 312 g/mol. The van der Waals surface area contributed by atoms with E-state index in [1.807, 2.05) is 0 Å². The molecule has 1 aromatic rings. The van der Waals surface area contributed by atoms with Gasteiger partial charge in [0.1, 0.15) is 11.2 Å². The van der Waals surface area contributed by atoms with Gasteiger partial charge in [-0.15, -0.1) is 0 Å². The van der Waals surface area contributed by atoms with E-state index in [4.69, 9.17) is 9.47 Å². The molecule has 2 amide bonds. The Morgan fingerprint density at radius 3 is 2.08 bits per heavy atom. The SMILES string of the molecule is CC(C)(C)OC(=O)N1CCc2c(ccn2C(=O)OC(C)(C)C)C1=O. The lowest BCUT2D eigenvalue weighted by atomic mass is 10.1. The average molecular weight is 336 g/mol. The van der Waals surface area contributed by atoms with Gasteiger partial charge in [0.25, 0.3) is 5.91 Å². The Morgan fingerprint density at radius 1 is 1.00 bits per heavy atom. The minimum atomic E-state index is -0.680. The minimum Gasteiger partial charge on any atom is -0.443 e. The van der Waals surface area contributed by atoms with E-state index in [0.717, 1.165) is 4.90 Å². The zero-order chi connectivity index (χ0) is 18.3. The third-order valence-corrected chi connectivity index (χ3v) is 3.24. The number of carbonyl (C=O) groups is 3. The van der Waals surface area contributed by atoms with Gasteiger partial charge in [0.2, 0.25) is 0 Å². The summed E-state index contributed by atoms with van der Waals surface area (Å²) in [6.07, 6.45) is 0.646. The predicted molar refractivity (Wildman–Crippen MR) is 87.0 cm³/mol. The van der Waals surface area contributed by atoms with Crippen molar-refractivity contribution in [2.24, 2.45) is 0 Å². The highest BCUT2D eigenvalue weighted by Gasteiger charge is 2.35. The molecule has 2 heterocycles. The largest absolute Gasteiger partial charge is 0.443 e. The van der Waals surface area contributed by atoms with Gasteiger partial charge < -0.3 is 9.47 Å². The molecule has 0 radical (unpaired) electrons. The van der Waals surface area contributed by atoms with E-state index in [2.05, 4.69) is 0 Å². The Labute approximate surface area is 141 Å². The second-order valence-electron chi connectivity index (χ2n) is 7.71. The number of hydrogen-bond acceptors (Lipinski definition) is 5. The maximum Gasteiger partial charge on any atom is 0.418 e. The maximum absolute atomic E-state index is 12.5. The van der Waals surface area contributed by atoms with Gasteiger partial charge in [-0.05, 0) is 47.6 Å². The van der Waals surface area contributed by atoms with Crippen molar-refractivity contribution in [1.29, 1.82) is 0 Å². The molecule has 0 spiro atoms. The number of imide groups is 1. The van der Waals surface area contributed by atoms with E-state index in [-0.39, 0.29) is 6.54 Å². The summed E-state index contributed by atoms with van der Waals surface area (Å²) in [7, 11) is 0. The van der Waals surface area contributed by atoms with Crippen LogP contribution in [0.2, 0.25) is 0 Å². The van der Waals surface area contributed by atoms with Crippen molar-refractivity contribution in [2.75, 3.05) is 6.54 Å². The van der Waals surface area contributed by atoms with Crippen molar-refractivity contribution in [2.45, 2.75) is 59.2 Å². The standard InChI is InChI=1S/C17H24N2O5/c1-16(2,3)23-14(21)18-9-7-11-12(18)8-10-19(13(11)20)15(22)24-17(4,5)6/h7,9H,8,10H2,1-6H3. The van der Waals surface area contributed by atoms with Gasteiger partial charge in [0.15, 0.2) is 0 Å². The second kappa shape index (κ2) is 5.96. The van der Waals surface area contributed by atoms with Crippen LogP contribution in [0.1, 0.15) is 57.6 Å². The van der Waals surface area contributed by atoms with Crippen LogP contribution in [0.5, 0.6) is 0 Å². The monoisotopic (exact) mass is 336 g/mol. The first-order valence-corrected chi connectivity index (χ1v) is 7.87. The topological polar surface area (TPSA) is 77.8 Å². The third kappa shape index (κ3) is 3.96. The Kier molecular flexibility index (Phi) is 4.48. The van der Waals surface area contributed by atoms with Gasteiger partial charge >= 0.3 is 12.2 Å². The number of fused-ring (bicyclic) bond motifs is 1. The Bertz CT molecular complexity index is 676. The fourth-order valence-corrected chi connectivity index (χ4v) is 2.35.